The van der Waals surface area contributed by atoms with Gasteiger partial charge in [-0.2, -0.15) is 0 Å². The Morgan fingerprint density at radius 2 is 0.559 bits per heavy atom. The van der Waals surface area contributed by atoms with Gasteiger partial charge in [-0.05, 0) is 128 Å². The van der Waals surface area contributed by atoms with E-state index in [1.54, 1.807) is 0 Å². The van der Waals surface area contributed by atoms with Gasteiger partial charge in [-0.1, -0.05) is 377 Å². The Kier molecular flexibility index (Phi) is 77.3. The Hall–Kier alpha value is -4.37. The zero-order chi connectivity index (χ0) is 74.0. The van der Waals surface area contributed by atoms with E-state index >= 15 is 0 Å². The molecule has 0 aliphatic rings. The molecule has 0 aliphatic heterocycles. The van der Waals surface area contributed by atoms with Crippen molar-refractivity contribution in [2.45, 2.75) is 367 Å². The maximum Gasteiger partial charge on any atom is 0.472 e. The summed E-state index contributed by atoms with van der Waals surface area (Å²) in [5.74, 6) is -0.802. The number of quaternary nitrogens is 1. The second kappa shape index (κ2) is 80.7. The highest BCUT2D eigenvalue weighted by atomic mass is 31.2. The number of rotatable bonds is 77. The molecule has 0 spiro atoms. The molecule has 0 rings (SSSR count). The zero-order valence-corrected chi connectivity index (χ0v) is 67.7. The van der Waals surface area contributed by atoms with Gasteiger partial charge in [0.05, 0.1) is 27.7 Å². The van der Waals surface area contributed by atoms with E-state index in [9.17, 15) is 19.0 Å². The quantitative estimate of drug-likeness (QED) is 0.0211. The van der Waals surface area contributed by atoms with E-state index < -0.39 is 26.5 Å². The van der Waals surface area contributed by atoms with Crippen LogP contribution in [0.1, 0.15) is 361 Å². The van der Waals surface area contributed by atoms with Crippen molar-refractivity contribution in [2.24, 2.45) is 0 Å². The number of ether oxygens (including phenoxy) is 2. The molecule has 0 saturated carbocycles. The Balaban J connectivity index is 4.00. The summed E-state index contributed by atoms with van der Waals surface area (Å²) in [5.41, 5.74) is 0. The fraction of sp³-hybridized carbons (Fsp3) is 0.696. The summed E-state index contributed by atoms with van der Waals surface area (Å²) in [6.45, 7) is 4.32. The highest BCUT2D eigenvalue weighted by Gasteiger charge is 2.27. The number of hydrogen-bond acceptors (Lipinski definition) is 7. The number of carbonyl (C=O) groups is 2. The predicted molar refractivity (Wildman–Crippen MR) is 445 cm³/mol. The number of carbonyl (C=O) groups excluding carboxylic acids is 2. The maximum absolute atomic E-state index is 12.9. The normalized spacial score (nSPS) is 13.8. The number of nitrogens with zero attached hydrogens (tertiary/aromatic N) is 1. The van der Waals surface area contributed by atoms with Crippen molar-refractivity contribution < 1.29 is 42.1 Å². The third-order valence-corrected chi connectivity index (χ3v) is 19.0. The van der Waals surface area contributed by atoms with Gasteiger partial charge in [-0.25, -0.2) is 4.57 Å². The monoisotopic (exact) mass is 1440 g/mol. The molecule has 0 amide bonds. The first-order chi connectivity index (χ1) is 50.0. The Bertz CT molecular complexity index is 2290. The van der Waals surface area contributed by atoms with Crippen LogP contribution in [0.4, 0.5) is 0 Å². The van der Waals surface area contributed by atoms with Crippen molar-refractivity contribution in [3.05, 3.63) is 158 Å². The number of unbranched alkanes of at least 4 members (excludes halogenated alkanes) is 37. The lowest BCUT2D eigenvalue weighted by atomic mass is 10.0. The van der Waals surface area contributed by atoms with E-state index in [4.69, 9.17) is 18.5 Å². The van der Waals surface area contributed by atoms with Crippen LogP contribution in [0.2, 0.25) is 0 Å². The van der Waals surface area contributed by atoms with Crippen molar-refractivity contribution in [1.29, 1.82) is 0 Å². The minimum atomic E-state index is -4.41. The molecule has 0 aromatic carbocycles. The van der Waals surface area contributed by atoms with Crippen LogP contribution in [-0.4, -0.2) is 74.9 Å². The van der Waals surface area contributed by atoms with Gasteiger partial charge in [0.1, 0.15) is 19.8 Å². The van der Waals surface area contributed by atoms with Crippen molar-refractivity contribution >= 4 is 19.8 Å². The lowest BCUT2D eigenvalue weighted by Crippen LogP contribution is -2.37. The zero-order valence-electron chi connectivity index (χ0n) is 66.8. The molecule has 9 nitrogen and oxygen atoms in total. The topological polar surface area (TPSA) is 108 Å². The Morgan fingerprint density at radius 1 is 0.314 bits per heavy atom. The third-order valence-electron chi connectivity index (χ3n) is 18.0. The highest BCUT2D eigenvalue weighted by Crippen LogP contribution is 2.43. The molecule has 1 N–H and O–H groups in total. The second-order valence-corrected chi connectivity index (χ2v) is 30.6. The number of likely N-dealkylation sites (N-methyl/N-ethyl adjacent to an activating group) is 1. The van der Waals surface area contributed by atoms with E-state index in [1.807, 2.05) is 21.1 Å². The Labute approximate surface area is 630 Å². The number of phosphoric acid groups is 1. The molecule has 0 bridgehead atoms. The first-order valence-corrected chi connectivity index (χ1v) is 43.7. The molecule has 0 aromatic rings. The molecule has 0 aliphatic carbocycles. The summed E-state index contributed by atoms with van der Waals surface area (Å²) in [6.07, 6.45) is 121. The van der Waals surface area contributed by atoms with Gasteiger partial charge in [0.2, 0.25) is 0 Å². The first-order valence-electron chi connectivity index (χ1n) is 42.2. The third kappa shape index (κ3) is 84.6. The van der Waals surface area contributed by atoms with Gasteiger partial charge in [0.15, 0.2) is 6.10 Å². The SMILES string of the molecule is CC/C=C\C/C=C\C/C=C\C/C=C\C/C=C\C/C=C\C/C=C\C/C=C\C/C=C\C/C=C\CCCCCCCCCCC(=O)OC(COC(=O)CCCCCCCCCCCCCCCCCCCCCCCCCC/C=C\C/C=C\C/C=C\CCCCCCC)COP(=O)(O)OCC[N+](C)(C)C. The fourth-order valence-corrected chi connectivity index (χ4v) is 12.4. The standard InChI is InChI=1S/C92H158NO8P/c1-6-8-10-12-14-16-18-20-22-24-26-28-30-32-34-36-38-40-42-44-46-48-50-52-54-56-58-60-62-64-66-68-70-72-74-76-78-80-82-84-91(94)98-88-90(89-100-102(96,97)99-87-86-93(3,4)5)101-92(95)85-83-81-79-77-75-73-71-69-67-65-63-61-59-57-55-53-51-49-47-45-43-41-39-37-35-33-31-29-27-25-23-21-19-17-15-13-11-9-7-2/h9,11,15,17-18,20-21,23-24,26-27,29-30,32-33,35,39,41,45,47,51,53,57,59,63,65,90H,6-8,10,12-14,16,19,22,25,28,31,34,36-38,40,42-44,46,48-50,52,54-56,58,60-62,64,66-89H2,1-5H3/p+1/b11-9-,17-15-,20-18-,23-21-,26-24-,29-27-,32-30-,35-33-,41-39-,47-45-,53-51-,59-57-,65-63-. The number of esters is 2. The number of phosphoric ester groups is 1. The van der Waals surface area contributed by atoms with Crippen LogP contribution in [0.25, 0.3) is 0 Å². The first kappa shape index (κ1) is 97.6. The van der Waals surface area contributed by atoms with Gasteiger partial charge in [0.25, 0.3) is 0 Å². The van der Waals surface area contributed by atoms with Crippen LogP contribution >= 0.6 is 7.82 Å². The second-order valence-electron chi connectivity index (χ2n) is 29.1. The molecule has 102 heavy (non-hydrogen) atoms. The summed E-state index contributed by atoms with van der Waals surface area (Å²) >= 11 is 0. The van der Waals surface area contributed by atoms with Gasteiger partial charge < -0.3 is 18.9 Å². The van der Waals surface area contributed by atoms with Crippen molar-refractivity contribution in [1.82, 2.24) is 0 Å². The van der Waals surface area contributed by atoms with Crippen molar-refractivity contribution in [3.63, 3.8) is 0 Å². The summed E-state index contributed by atoms with van der Waals surface area (Å²) in [6, 6.07) is 0. The Morgan fingerprint density at radius 3 is 0.833 bits per heavy atom. The average molecular weight is 1440 g/mol. The van der Waals surface area contributed by atoms with Crippen molar-refractivity contribution in [2.75, 3.05) is 47.5 Å². The van der Waals surface area contributed by atoms with Crippen LogP contribution in [0.5, 0.6) is 0 Å². The molecule has 584 valence electrons. The fourth-order valence-electron chi connectivity index (χ4n) is 11.6. The van der Waals surface area contributed by atoms with Gasteiger partial charge in [0, 0.05) is 12.8 Å². The van der Waals surface area contributed by atoms with Crippen LogP contribution in [0, 0.1) is 0 Å². The molecule has 2 unspecified atom stereocenters. The summed E-state index contributed by atoms with van der Waals surface area (Å²) in [7, 11) is 1.47. The van der Waals surface area contributed by atoms with Crippen LogP contribution in [0.15, 0.2) is 158 Å². The molecule has 10 heteroatoms. The van der Waals surface area contributed by atoms with Crippen LogP contribution in [-0.2, 0) is 32.7 Å². The maximum atomic E-state index is 12.9. The predicted octanol–water partition coefficient (Wildman–Crippen LogP) is 28.6. The average Bonchev–Trinajstić information content (AvgIpc) is 0.914. The van der Waals surface area contributed by atoms with Crippen LogP contribution < -0.4 is 0 Å². The van der Waals surface area contributed by atoms with Crippen LogP contribution in [0.3, 0.4) is 0 Å². The van der Waals surface area contributed by atoms with E-state index in [0.717, 1.165) is 122 Å². The van der Waals surface area contributed by atoms with E-state index in [2.05, 4.69) is 172 Å². The van der Waals surface area contributed by atoms with E-state index in [1.165, 1.54) is 205 Å². The molecular weight excluding hydrogens is 1280 g/mol. The van der Waals surface area contributed by atoms with E-state index in [-0.39, 0.29) is 32.0 Å². The molecular formula is C92H159NO8P+. The largest absolute Gasteiger partial charge is 0.472 e. The van der Waals surface area contributed by atoms with Gasteiger partial charge >= 0.3 is 19.8 Å². The minimum absolute atomic E-state index is 0.0245. The molecule has 0 fully saturated rings. The minimum Gasteiger partial charge on any atom is -0.462 e. The summed E-state index contributed by atoms with van der Waals surface area (Å²) < 4.78 is 34.8. The molecule has 2 atom stereocenters. The van der Waals surface area contributed by atoms with Gasteiger partial charge in [-0.3, -0.25) is 18.6 Å². The van der Waals surface area contributed by atoms with Crippen molar-refractivity contribution in [3.8, 4) is 0 Å². The lowest BCUT2D eigenvalue weighted by Gasteiger charge is -2.24. The summed E-state index contributed by atoms with van der Waals surface area (Å²) in [4.78, 5) is 36.0. The highest BCUT2D eigenvalue weighted by molar-refractivity contribution is 7.47. The number of allylic oxidation sites excluding steroid dienone is 26. The lowest BCUT2D eigenvalue weighted by molar-refractivity contribution is -0.870. The molecule has 0 heterocycles. The molecule has 0 saturated heterocycles. The van der Waals surface area contributed by atoms with E-state index in [0.29, 0.717) is 17.4 Å². The smallest absolute Gasteiger partial charge is 0.462 e. The molecule has 0 radical (unpaired) electrons. The number of hydrogen-bond donors (Lipinski definition) is 1. The van der Waals surface area contributed by atoms with Gasteiger partial charge in [-0.15, -0.1) is 0 Å². The summed E-state index contributed by atoms with van der Waals surface area (Å²) in [5, 5.41) is 0. The molecule has 0 aromatic heterocycles.